The molecule has 25 heavy (non-hydrogen) atoms. The first-order valence-corrected chi connectivity index (χ1v) is 10.0. The van der Waals surface area contributed by atoms with Gasteiger partial charge in [-0.25, -0.2) is 0 Å². The number of hydrogen-bond donors (Lipinski definition) is 0. The molecule has 1 spiro atoms. The number of aryl methyl sites for hydroxylation is 1. The van der Waals surface area contributed by atoms with Crippen molar-refractivity contribution in [3.63, 3.8) is 0 Å². The van der Waals surface area contributed by atoms with Crippen molar-refractivity contribution in [3.05, 3.63) is 29.6 Å². The molecule has 138 valence electrons. The molecule has 0 aromatic carbocycles. The quantitative estimate of drug-likeness (QED) is 0.794. The Morgan fingerprint density at radius 1 is 1.20 bits per heavy atom. The van der Waals surface area contributed by atoms with Gasteiger partial charge in [-0.15, -0.1) is 0 Å². The van der Waals surface area contributed by atoms with Crippen LogP contribution in [0.15, 0.2) is 18.2 Å². The van der Waals surface area contributed by atoms with Crippen molar-refractivity contribution in [1.29, 1.82) is 0 Å². The standard InChI is InChI=1S/C21H33N3O/c1-17-4-3-5-20(22-17)13-24-12-19(15-25-14-18-6-7-18)21(16-24)8-10-23(2)11-9-21/h3-5,18-19H,6-16H2,1-2H3/t19-/m0/s1. The second-order valence-corrected chi connectivity index (χ2v) is 8.78. The van der Waals surface area contributed by atoms with Crippen LogP contribution >= 0.6 is 0 Å². The van der Waals surface area contributed by atoms with Crippen molar-refractivity contribution < 1.29 is 4.74 Å². The zero-order valence-electron chi connectivity index (χ0n) is 15.9. The molecule has 4 nitrogen and oxygen atoms in total. The van der Waals surface area contributed by atoms with Crippen molar-refractivity contribution in [3.8, 4) is 0 Å². The Hall–Kier alpha value is -0.970. The monoisotopic (exact) mass is 343 g/mol. The van der Waals surface area contributed by atoms with Crippen molar-refractivity contribution in [1.82, 2.24) is 14.8 Å². The molecule has 0 bridgehead atoms. The number of piperidine rings is 1. The molecule has 0 amide bonds. The Labute approximate surface area is 152 Å². The summed E-state index contributed by atoms with van der Waals surface area (Å²) in [6.07, 6.45) is 5.40. The smallest absolute Gasteiger partial charge is 0.0547 e. The van der Waals surface area contributed by atoms with Gasteiger partial charge in [0.25, 0.3) is 0 Å². The van der Waals surface area contributed by atoms with Gasteiger partial charge >= 0.3 is 0 Å². The lowest BCUT2D eigenvalue weighted by Gasteiger charge is -2.41. The Morgan fingerprint density at radius 3 is 2.72 bits per heavy atom. The summed E-state index contributed by atoms with van der Waals surface area (Å²) in [5, 5.41) is 0. The van der Waals surface area contributed by atoms with Crippen molar-refractivity contribution in [2.45, 2.75) is 39.2 Å². The van der Waals surface area contributed by atoms with Crippen LogP contribution in [0.25, 0.3) is 0 Å². The second kappa shape index (κ2) is 7.34. The van der Waals surface area contributed by atoms with Crippen LogP contribution in [0.4, 0.5) is 0 Å². The van der Waals surface area contributed by atoms with Crippen LogP contribution < -0.4 is 0 Å². The summed E-state index contributed by atoms with van der Waals surface area (Å²) in [5.41, 5.74) is 2.79. The van der Waals surface area contributed by atoms with E-state index in [1.165, 1.54) is 57.6 Å². The molecule has 1 atom stereocenters. The predicted octanol–water partition coefficient (Wildman–Crippen LogP) is 2.96. The highest BCUT2D eigenvalue weighted by molar-refractivity contribution is 5.11. The van der Waals surface area contributed by atoms with E-state index in [0.29, 0.717) is 11.3 Å². The third-order valence-corrected chi connectivity index (χ3v) is 6.57. The maximum Gasteiger partial charge on any atom is 0.0547 e. The van der Waals surface area contributed by atoms with Gasteiger partial charge in [0.05, 0.1) is 12.3 Å². The van der Waals surface area contributed by atoms with E-state index in [-0.39, 0.29) is 0 Å². The van der Waals surface area contributed by atoms with Gasteiger partial charge in [-0.2, -0.15) is 0 Å². The van der Waals surface area contributed by atoms with Crippen LogP contribution in [-0.4, -0.2) is 61.2 Å². The normalized spacial score (nSPS) is 27.2. The zero-order valence-corrected chi connectivity index (χ0v) is 15.9. The number of likely N-dealkylation sites (tertiary alicyclic amines) is 2. The van der Waals surface area contributed by atoms with E-state index in [1.807, 2.05) is 0 Å². The average molecular weight is 344 g/mol. The molecule has 4 rings (SSSR count). The molecule has 0 radical (unpaired) electrons. The molecule has 3 heterocycles. The van der Waals surface area contributed by atoms with E-state index in [0.717, 1.165) is 31.4 Å². The Morgan fingerprint density at radius 2 is 2.00 bits per heavy atom. The number of nitrogens with zero attached hydrogens (tertiary/aromatic N) is 3. The highest BCUT2D eigenvalue weighted by atomic mass is 16.5. The van der Waals surface area contributed by atoms with Crippen LogP contribution in [-0.2, 0) is 11.3 Å². The Bertz CT molecular complexity index is 578. The zero-order chi connectivity index (χ0) is 17.3. The maximum absolute atomic E-state index is 6.16. The first-order valence-electron chi connectivity index (χ1n) is 10.0. The highest BCUT2D eigenvalue weighted by Gasteiger charge is 2.47. The minimum absolute atomic E-state index is 0.458. The number of rotatable bonds is 6. The number of aromatic nitrogens is 1. The van der Waals surface area contributed by atoms with E-state index < -0.39 is 0 Å². The van der Waals surface area contributed by atoms with Gasteiger partial charge in [0.1, 0.15) is 0 Å². The topological polar surface area (TPSA) is 28.6 Å². The van der Waals surface area contributed by atoms with Crippen LogP contribution in [0.2, 0.25) is 0 Å². The van der Waals surface area contributed by atoms with Gasteiger partial charge < -0.3 is 9.64 Å². The van der Waals surface area contributed by atoms with E-state index in [1.54, 1.807) is 0 Å². The van der Waals surface area contributed by atoms with Crippen molar-refractivity contribution in [2.24, 2.45) is 17.3 Å². The Balaban J connectivity index is 1.41. The molecule has 2 aliphatic heterocycles. The minimum Gasteiger partial charge on any atom is -0.381 e. The van der Waals surface area contributed by atoms with Gasteiger partial charge in [-0.1, -0.05) is 6.07 Å². The minimum atomic E-state index is 0.458. The summed E-state index contributed by atoms with van der Waals surface area (Å²) in [4.78, 5) is 9.84. The van der Waals surface area contributed by atoms with Crippen LogP contribution in [0, 0.1) is 24.2 Å². The van der Waals surface area contributed by atoms with Gasteiger partial charge in [-0.3, -0.25) is 9.88 Å². The third kappa shape index (κ3) is 4.24. The summed E-state index contributed by atoms with van der Waals surface area (Å²) in [7, 11) is 2.26. The lowest BCUT2D eigenvalue weighted by Crippen LogP contribution is -2.43. The van der Waals surface area contributed by atoms with E-state index >= 15 is 0 Å². The van der Waals surface area contributed by atoms with Gasteiger partial charge in [-0.05, 0) is 76.2 Å². The van der Waals surface area contributed by atoms with Gasteiger partial charge in [0.2, 0.25) is 0 Å². The molecule has 1 aliphatic carbocycles. The molecule has 0 unspecified atom stereocenters. The fraction of sp³-hybridized carbons (Fsp3) is 0.762. The lowest BCUT2D eigenvalue weighted by atomic mass is 9.71. The average Bonchev–Trinajstić information content (AvgIpc) is 3.35. The predicted molar refractivity (Wildman–Crippen MR) is 100 cm³/mol. The largest absolute Gasteiger partial charge is 0.381 e. The summed E-state index contributed by atoms with van der Waals surface area (Å²) in [5.74, 6) is 1.55. The fourth-order valence-corrected chi connectivity index (χ4v) is 4.70. The SMILES string of the molecule is Cc1cccc(CN2C[C@@H](COCC3CC3)C3(CCN(C)CC3)C2)n1. The molecule has 4 heteroatoms. The second-order valence-electron chi connectivity index (χ2n) is 8.78. The number of ether oxygens (including phenoxy) is 1. The fourth-order valence-electron chi connectivity index (χ4n) is 4.70. The molecule has 0 N–H and O–H groups in total. The summed E-state index contributed by atoms with van der Waals surface area (Å²) in [6, 6.07) is 6.39. The molecule has 1 saturated carbocycles. The van der Waals surface area contributed by atoms with Crippen molar-refractivity contribution in [2.75, 3.05) is 46.4 Å². The number of pyridine rings is 1. The summed E-state index contributed by atoms with van der Waals surface area (Å²) in [6.45, 7) is 9.87. The first kappa shape index (κ1) is 17.4. The number of hydrogen-bond acceptors (Lipinski definition) is 4. The molecule has 3 aliphatic rings. The van der Waals surface area contributed by atoms with E-state index in [2.05, 4.69) is 42.0 Å². The van der Waals surface area contributed by atoms with Gasteiger partial charge in [0, 0.05) is 37.9 Å². The van der Waals surface area contributed by atoms with Crippen molar-refractivity contribution >= 4 is 0 Å². The first-order chi connectivity index (χ1) is 12.1. The maximum atomic E-state index is 6.16. The third-order valence-electron chi connectivity index (χ3n) is 6.57. The summed E-state index contributed by atoms with van der Waals surface area (Å²) >= 11 is 0. The molecule has 1 aromatic rings. The van der Waals surface area contributed by atoms with Crippen LogP contribution in [0.1, 0.15) is 37.1 Å². The molecular weight excluding hydrogens is 310 g/mol. The lowest BCUT2D eigenvalue weighted by molar-refractivity contribution is 0.0231. The highest BCUT2D eigenvalue weighted by Crippen LogP contribution is 2.45. The van der Waals surface area contributed by atoms with E-state index in [9.17, 15) is 0 Å². The van der Waals surface area contributed by atoms with E-state index in [4.69, 9.17) is 9.72 Å². The summed E-state index contributed by atoms with van der Waals surface area (Å²) < 4.78 is 6.16. The molecule has 1 aromatic heterocycles. The molecule has 2 saturated heterocycles. The van der Waals surface area contributed by atoms with Gasteiger partial charge in [0.15, 0.2) is 0 Å². The Kier molecular flexibility index (Phi) is 5.12. The van der Waals surface area contributed by atoms with Crippen LogP contribution in [0.5, 0.6) is 0 Å². The molecule has 3 fully saturated rings. The van der Waals surface area contributed by atoms with Crippen LogP contribution in [0.3, 0.4) is 0 Å². The molecular formula is C21H33N3O.